The van der Waals surface area contributed by atoms with Crippen LogP contribution in [0.15, 0.2) is 42.5 Å². The van der Waals surface area contributed by atoms with E-state index < -0.39 is 23.1 Å². The molecule has 30 heavy (non-hydrogen) atoms. The number of alkyl carbamates (subject to hydrolysis) is 1. The molecule has 7 heteroatoms. The molecule has 1 aromatic rings. The molecule has 1 aromatic carbocycles. The van der Waals surface area contributed by atoms with Gasteiger partial charge in [-0.25, -0.2) is 9.59 Å². The van der Waals surface area contributed by atoms with Gasteiger partial charge in [-0.15, -0.1) is 0 Å². The number of carbonyl (C=O) groups excluding carboxylic acids is 3. The van der Waals surface area contributed by atoms with Crippen molar-refractivity contribution in [3.63, 3.8) is 0 Å². The highest BCUT2D eigenvalue weighted by Crippen LogP contribution is 2.43. The Balaban J connectivity index is 2.06. The molecule has 0 saturated heterocycles. The highest BCUT2D eigenvalue weighted by molar-refractivity contribution is 5.82. The van der Waals surface area contributed by atoms with Crippen LogP contribution < -0.4 is 5.32 Å². The van der Waals surface area contributed by atoms with E-state index in [1.54, 1.807) is 26.8 Å². The number of hydrogen-bond donors (Lipinski definition) is 1. The maximum absolute atomic E-state index is 13.0. The quantitative estimate of drug-likeness (QED) is 0.411. The lowest BCUT2D eigenvalue weighted by atomic mass is 9.82. The van der Waals surface area contributed by atoms with Gasteiger partial charge in [0.05, 0.1) is 12.5 Å². The van der Waals surface area contributed by atoms with Crippen molar-refractivity contribution in [2.45, 2.75) is 64.7 Å². The lowest BCUT2D eigenvalue weighted by molar-refractivity contribution is -0.157. The van der Waals surface area contributed by atoms with Gasteiger partial charge in [-0.3, -0.25) is 4.79 Å². The molecule has 0 unspecified atom stereocenters. The second-order valence-electron chi connectivity index (χ2n) is 8.56. The molecule has 1 saturated carbocycles. The third-order valence-corrected chi connectivity index (χ3v) is 4.94. The van der Waals surface area contributed by atoms with E-state index in [1.807, 2.05) is 30.3 Å². The number of benzene rings is 1. The zero-order valence-corrected chi connectivity index (χ0v) is 18.1. The number of rotatable bonds is 7. The van der Waals surface area contributed by atoms with Gasteiger partial charge < -0.3 is 19.5 Å². The predicted molar refractivity (Wildman–Crippen MR) is 111 cm³/mol. The minimum atomic E-state index is -0.820. The van der Waals surface area contributed by atoms with Gasteiger partial charge in [0.25, 0.3) is 0 Å². The van der Waals surface area contributed by atoms with Crippen molar-refractivity contribution < 1.29 is 28.6 Å². The van der Waals surface area contributed by atoms with Crippen LogP contribution in [0.25, 0.3) is 0 Å². The molecule has 164 valence electrons. The molecule has 1 N–H and O–H groups in total. The summed E-state index contributed by atoms with van der Waals surface area (Å²) in [6.45, 7) is 5.56. The Morgan fingerprint density at radius 3 is 2.53 bits per heavy atom. The SMILES string of the molecule is COC(=O)/C=C/C[C@]1(C(=O)OCc2ccccc2)CC[C@@H](NC(=O)OC(C)(C)C)C1. The molecule has 1 aliphatic carbocycles. The molecule has 1 amide bonds. The van der Waals surface area contributed by atoms with Crippen LogP contribution in [0.3, 0.4) is 0 Å². The van der Waals surface area contributed by atoms with Crippen LogP contribution in [0.4, 0.5) is 4.79 Å². The van der Waals surface area contributed by atoms with E-state index in [0.717, 1.165) is 5.56 Å². The number of methoxy groups -OCH3 is 1. The van der Waals surface area contributed by atoms with Gasteiger partial charge in [0, 0.05) is 12.1 Å². The van der Waals surface area contributed by atoms with E-state index in [0.29, 0.717) is 25.7 Å². The molecule has 0 aromatic heterocycles. The summed E-state index contributed by atoms with van der Waals surface area (Å²) in [6, 6.07) is 9.23. The van der Waals surface area contributed by atoms with Crippen molar-refractivity contribution in [1.29, 1.82) is 0 Å². The first kappa shape index (κ1) is 23.4. The Kier molecular flexibility index (Phi) is 8.03. The fraction of sp³-hybridized carbons (Fsp3) is 0.522. The maximum atomic E-state index is 13.0. The van der Waals surface area contributed by atoms with Gasteiger partial charge in [0.1, 0.15) is 12.2 Å². The standard InChI is InChI=1S/C23H31NO6/c1-22(2,3)30-21(27)24-18-12-14-23(15-18,13-8-11-19(25)28-4)20(26)29-16-17-9-6-5-7-10-17/h5-11,18H,12-16H2,1-4H3,(H,24,27)/b11-8+/t18-,23+/m1/s1. The predicted octanol–water partition coefficient (Wildman–Crippen LogP) is 3.91. The van der Waals surface area contributed by atoms with Crippen LogP contribution >= 0.6 is 0 Å². The number of carbonyl (C=O) groups is 3. The monoisotopic (exact) mass is 417 g/mol. The van der Waals surface area contributed by atoms with E-state index in [4.69, 9.17) is 9.47 Å². The molecule has 0 spiro atoms. The molecule has 1 aliphatic rings. The Morgan fingerprint density at radius 2 is 1.90 bits per heavy atom. The normalized spacial score (nSPS) is 21.3. The minimum Gasteiger partial charge on any atom is -0.466 e. The molecular formula is C23H31NO6. The summed E-state index contributed by atoms with van der Waals surface area (Å²) < 4.78 is 15.5. The van der Waals surface area contributed by atoms with Crippen molar-refractivity contribution in [2.24, 2.45) is 5.41 Å². The molecule has 1 fully saturated rings. The zero-order valence-electron chi connectivity index (χ0n) is 18.1. The average molecular weight is 418 g/mol. The first-order chi connectivity index (χ1) is 14.1. The number of nitrogens with one attached hydrogen (secondary N) is 1. The number of allylic oxidation sites excluding steroid dienone is 1. The zero-order chi connectivity index (χ0) is 22.2. The Labute approximate surface area is 177 Å². The Morgan fingerprint density at radius 1 is 1.20 bits per heavy atom. The van der Waals surface area contributed by atoms with Crippen LogP contribution in [-0.4, -0.2) is 36.8 Å². The van der Waals surface area contributed by atoms with Gasteiger partial charge in [-0.1, -0.05) is 36.4 Å². The average Bonchev–Trinajstić information content (AvgIpc) is 3.09. The molecule has 2 atom stereocenters. The molecule has 0 aliphatic heterocycles. The van der Waals surface area contributed by atoms with Crippen LogP contribution in [0.1, 0.15) is 52.0 Å². The van der Waals surface area contributed by atoms with Crippen LogP contribution in [0.2, 0.25) is 0 Å². The molecule has 7 nitrogen and oxygen atoms in total. The first-order valence-corrected chi connectivity index (χ1v) is 10.1. The van der Waals surface area contributed by atoms with Crippen molar-refractivity contribution in [3.8, 4) is 0 Å². The molecule has 2 rings (SSSR count). The maximum Gasteiger partial charge on any atom is 0.407 e. The van der Waals surface area contributed by atoms with Crippen molar-refractivity contribution >= 4 is 18.0 Å². The number of amides is 1. The van der Waals surface area contributed by atoms with Crippen molar-refractivity contribution in [3.05, 3.63) is 48.0 Å². The lowest BCUT2D eigenvalue weighted by Crippen LogP contribution is -2.39. The van der Waals surface area contributed by atoms with E-state index in [-0.39, 0.29) is 18.6 Å². The summed E-state index contributed by atoms with van der Waals surface area (Å²) in [5, 5.41) is 2.84. The van der Waals surface area contributed by atoms with Crippen LogP contribution in [0.5, 0.6) is 0 Å². The second-order valence-corrected chi connectivity index (χ2v) is 8.56. The second kappa shape index (κ2) is 10.3. The highest BCUT2D eigenvalue weighted by atomic mass is 16.6. The van der Waals surface area contributed by atoms with E-state index in [2.05, 4.69) is 10.1 Å². The Bertz CT molecular complexity index is 768. The number of esters is 2. The number of ether oxygens (including phenoxy) is 3. The first-order valence-electron chi connectivity index (χ1n) is 10.1. The molecule has 0 radical (unpaired) electrons. The third kappa shape index (κ3) is 7.21. The number of hydrogen-bond acceptors (Lipinski definition) is 6. The van der Waals surface area contributed by atoms with E-state index >= 15 is 0 Å². The largest absolute Gasteiger partial charge is 0.466 e. The van der Waals surface area contributed by atoms with Crippen LogP contribution in [0, 0.1) is 5.41 Å². The molecule has 0 heterocycles. The van der Waals surface area contributed by atoms with Gasteiger partial charge in [0.15, 0.2) is 0 Å². The van der Waals surface area contributed by atoms with Crippen molar-refractivity contribution in [1.82, 2.24) is 5.32 Å². The van der Waals surface area contributed by atoms with Crippen LogP contribution in [-0.2, 0) is 30.4 Å². The Hall–Kier alpha value is -2.83. The fourth-order valence-corrected chi connectivity index (χ4v) is 3.50. The summed E-state index contributed by atoms with van der Waals surface area (Å²) >= 11 is 0. The van der Waals surface area contributed by atoms with E-state index in [9.17, 15) is 14.4 Å². The van der Waals surface area contributed by atoms with Gasteiger partial charge in [-0.05, 0) is 52.0 Å². The minimum absolute atomic E-state index is 0.173. The third-order valence-electron chi connectivity index (χ3n) is 4.94. The van der Waals surface area contributed by atoms with Gasteiger partial charge >= 0.3 is 18.0 Å². The topological polar surface area (TPSA) is 90.9 Å². The summed E-state index contributed by atoms with van der Waals surface area (Å²) in [4.78, 5) is 36.6. The van der Waals surface area contributed by atoms with Crippen molar-refractivity contribution in [2.75, 3.05) is 7.11 Å². The molecule has 0 bridgehead atoms. The van der Waals surface area contributed by atoms with E-state index in [1.165, 1.54) is 13.2 Å². The van der Waals surface area contributed by atoms with Gasteiger partial charge in [0.2, 0.25) is 0 Å². The fourth-order valence-electron chi connectivity index (χ4n) is 3.50. The highest BCUT2D eigenvalue weighted by Gasteiger charge is 2.46. The summed E-state index contributed by atoms with van der Waals surface area (Å²) in [5.41, 5.74) is -0.524. The summed E-state index contributed by atoms with van der Waals surface area (Å²) in [6.07, 6.45) is 4.31. The summed E-state index contributed by atoms with van der Waals surface area (Å²) in [7, 11) is 1.30. The lowest BCUT2D eigenvalue weighted by Gasteiger charge is -2.26. The smallest absolute Gasteiger partial charge is 0.407 e. The summed E-state index contributed by atoms with van der Waals surface area (Å²) in [5.74, 6) is -0.821. The van der Waals surface area contributed by atoms with Gasteiger partial charge in [-0.2, -0.15) is 0 Å². The molecular weight excluding hydrogens is 386 g/mol.